The van der Waals surface area contributed by atoms with Crippen LogP contribution in [0.25, 0.3) is 0 Å². The lowest BCUT2D eigenvalue weighted by Crippen LogP contribution is -2.52. The largest absolute Gasteiger partial charge is 0.481 e. The monoisotopic (exact) mass is 314 g/mol. The first-order valence-electron chi connectivity index (χ1n) is 6.53. The predicted octanol–water partition coefficient (Wildman–Crippen LogP) is 1.83. The number of nitrogens with zero attached hydrogens (tertiary/aromatic N) is 1. The van der Waals surface area contributed by atoms with Crippen molar-refractivity contribution in [2.75, 3.05) is 6.54 Å². The number of carbonyl (C=O) groups is 2. The van der Waals surface area contributed by atoms with Crippen LogP contribution in [0.4, 0.5) is 4.79 Å². The number of likely N-dealkylation sites (tertiary alicyclic amines) is 1. The van der Waals surface area contributed by atoms with Crippen molar-refractivity contribution >= 4 is 24.5 Å². The number of hydrogen-bond acceptors (Lipinski definition) is 4. The Labute approximate surface area is 129 Å². The van der Waals surface area contributed by atoms with E-state index in [1.807, 2.05) is 30.3 Å². The summed E-state index contributed by atoms with van der Waals surface area (Å²) >= 11 is 0. The fraction of sp³-hybridized carbons (Fsp3) is 0.429. The van der Waals surface area contributed by atoms with Crippen LogP contribution in [0, 0.1) is 5.92 Å². The van der Waals surface area contributed by atoms with Gasteiger partial charge in [0.25, 0.3) is 0 Å². The Kier molecular flexibility index (Phi) is 6.45. The van der Waals surface area contributed by atoms with Crippen LogP contribution >= 0.6 is 12.4 Å². The summed E-state index contributed by atoms with van der Waals surface area (Å²) in [6.07, 6.45) is -0.433. The molecule has 116 valence electrons. The Bertz CT molecular complexity index is 483. The lowest BCUT2D eigenvalue weighted by Gasteiger charge is -2.34. The molecule has 0 spiro atoms. The zero-order chi connectivity index (χ0) is 14.5. The number of carboxylic acids is 1. The molecule has 0 radical (unpaired) electrons. The molecule has 1 aromatic carbocycles. The van der Waals surface area contributed by atoms with Gasteiger partial charge in [-0.15, -0.1) is 12.4 Å². The number of ether oxygens (including phenoxy) is 1. The Morgan fingerprint density at radius 3 is 2.57 bits per heavy atom. The maximum atomic E-state index is 11.9. The van der Waals surface area contributed by atoms with Gasteiger partial charge in [-0.3, -0.25) is 9.69 Å². The van der Waals surface area contributed by atoms with Gasteiger partial charge in [0.2, 0.25) is 0 Å². The minimum Gasteiger partial charge on any atom is -0.481 e. The van der Waals surface area contributed by atoms with Crippen LogP contribution in [-0.2, 0) is 16.1 Å². The molecule has 21 heavy (non-hydrogen) atoms. The Hall–Kier alpha value is -1.79. The first-order chi connectivity index (χ1) is 9.58. The van der Waals surface area contributed by atoms with Crippen LogP contribution in [0.15, 0.2) is 30.3 Å². The van der Waals surface area contributed by atoms with Crippen LogP contribution in [0.2, 0.25) is 0 Å². The van der Waals surface area contributed by atoms with Crippen LogP contribution in [-0.4, -0.2) is 34.8 Å². The summed E-state index contributed by atoms with van der Waals surface area (Å²) in [7, 11) is 0. The van der Waals surface area contributed by atoms with Crippen molar-refractivity contribution in [1.82, 2.24) is 4.90 Å². The molecule has 0 saturated carbocycles. The van der Waals surface area contributed by atoms with Crippen molar-refractivity contribution in [1.29, 1.82) is 0 Å². The standard InChI is InChI=1S/C14H18N2O4.ClH/c15-12-8-11(13(17)18)6-7-16(12)14(19)20-9-10-4-2-1-3-5-10;/h1-5,11-12H,6-9,15H2,(H,17,18);1H. The molecule has 1 saturated heterocycles. The molecule has 0 bridgehead atoms. The smallest absolute Gasteiger partial charge is 0.411 e. The first kappa shape index (κ1) is 17.3. The number of carbonyl (C=O) groups excluding carboxylic acids is 1. The van der Waals surface area contributed by atoms with E-state index in [2.05, 4.69) is 0 Å². The molecule has 1 aliphatic heterocycles. The number of benzene rings is 1. The summed E-state index contributed by atoms with van der Waals surface area (Å²) in [5.41, 5.74) is 6.74. The average molecular weight is 315 g/mol. The van der Waals surface area contributed by atoms with Gasteiger partial charge in [0.15, 0.2) is 0 Å². The highest BCUT2D eigenvalue weighted by atomic mass is 35.5. The molecule has 6 nitrogen and oxygen atoms in total. The minimum atomic E-state index is -0.863. The highest BCUT2D eigenvalue weighted by Crippen LogP contribution is 2.21. The van der Waals surface area contributed by atoms with Crippen LogP contribution in [0.1, 0.15) is 18.4 Å². The van der Waals surface area contributed by atoms with Crippen molar-refractivity contribution in [2.45, 2.75) is 25.6 Å². The van der Waals surface area contributed by atoms with Gasteiger partial charge in [0, 0.05) is 6.54 Å². The molecule has 1 amide bonds. The molecule has 0 aromatic heterocycles. The van der Waals surface area contributed by atoms with Crippen LogP contribution in [0.5, 0.6) is 0 Å². The number of carboxylic acid groups (broad SMARTS) is 1. The molecular weight excluding hydrogens is 296 g/mol. The summed E-state index contributed by atoms with van der Waals surface area (Å²) in [4.78, 5) is 24.2. The number of piperidine rings is 1. The van der Waals surface area contributed by atoms with Gasteiger partial charge < -0.3 is 15.6 Å². The Balaban J connectivity index is 0.00000220. The molecule has 0 aliphatic carbocycles. The molecule has 1 heterocycles. The van der Waals surface area contributed by atoms with E-state index >= 15 is 0 Å². The van der Waals surface area contributed by atoms with E-state index in [0.717, 1.165) is 5.56 Å². The summed E-state index contributed by atoms with van der Waals surface area (Å²) in [6.45, 7) is 0.497. The average Bonchev–Trinajstić information content (AvgIpc) is 2.45. The van der Waals surface area contributed by atoms with Crippen molar-refractivity contribution in [3.8, 4) is 0 Å². The van der Waals surface area contributed by atoms with Gasteiger partial charge in [-0.05, 0) is 18.4 Å². The topological polar surface area (TPSA) is 92.9 Å². The third-order valence-corrected chi connectivity index (χ3v) is 3.43. The first-order valence-corrected chi connectivity index (χ1v) is 6.53. The predicted molar refractivity (Wildman–Crippen MR) is 78.9 cm³/mol. The summed E-state index contributed by atoms with van der Waals surface area (Å²) in [5, 5.41) is 8.94. The van der Waals surface area contributed by atoms with E-state index in [0.29, 0.717) is 13.0 Å². The number of amides is 1. The SMILES string of the molecule is Cl.NC1CC(C(=O)O)CCN1C(=O)OCc1ccccc1. The van der Waals surface area contributed by atoms with E-state index in [4.69, 9.17) is 15.6 Å². The quantitative estimate of drug-likeness (QED) is 0.887. The summed E-state index contributed by atoms with van der Waals surface area (Å²) < 4.78 is 5.19. The van der Waals surface area contributed by atoms with Crippen molar-refractivity contribution in [2.24, 2.45) is 11.7 Å². The molecule has 3 N–H and O–H groups in total. The van der Waals surface area contributed by atoms with Crippen molar-refractivity contribution < 1.29 is 19.4 Å². The molecule has 2 unspecified atom stereocenters. The Morgan fingerprint density at radius 1 is 1.33 bits per heavy atom. The number of halogens is 1. The molecule has 1 aliphatic rings. The minimum absolute atomic E-state index is 0. The Morgan fingerprint density at radius 2 is 2.00 bits per heavy atom. The fourth-order valence-corrected chi connectivity index (χ4v) is 2.25. The van der Waals surface area contributed by atoms with E-state index in [-0.39, 0.29) is 25.4 Å². The third-order valence-electron chi connectivity index (χ3n) is 3.43. The third kappa shape index (κ3) is 4.61. The molecule has 1 aromatic rings. The lowest BCUT2D eigenvalue weighted by atomic mass is 9.95. The number of hydrogen-bond donors (Lipinski definition) is 2. The molecule has 2 rings (SSSR count). The van der Waals surface area contributed by atoms with E-state index < -0.39 is 24.1 Å². The van der Waals surface area contributed by atoms with Gasteiger partial charge in [-0.2, -0.15) is 0 Å². The van der Waals surface area contributed by atoms with E-state index in [1.54, 1.807) is 0 Å². The number of rotatable bonds is 3. The second-order valence-corrected chi connectivity index (χ2v) is 4.86. The van der Waals surface area contributed by atoms with Gasteiger partial charge in [-0.25, -0.2) is 4.79 Å². The molecule has 7 heteroatoms. The summed E-state index contributed by atoms with van der Waals surface area (Å²) in [6, 6.07) is 9.35. The molecule has 2 atom stereocenters. The van der Waals surface area contributed by atoms with E-state index in [1.165, 1.54) is 4.90 Å². The number of nitrogens with two attached hydrogens (primary N) is 1. The summed E-state index contributed by atoms with van der Waals surface area (Å²) in [5.74, 6) is -1.35. The van der Waals surface area contributed by atoms with Gasteiger partial charge >= 0.3 is 12.1 Å². The normalized spacial score (nSPS) is 21.3. The number of aliphatic carboxylic acids is 1. The lowest BCUT2D eigenvalue weighted by molar-refractivity contribution is -0.144. The maximum absolute atomic E-state index is 11.9. The zero-order valence-corrected chi connectivity index (χ0v) is 12.3. The van der Waals surface area contributed by atoms with Crippen molar-refractivity contribution in [3.05, 3.63) is 35.9 Å². The maximum Gasteiger partial charge on any atom is 0.411 e. The highest BCUT2D eigenvalue weighted by Gasteiger charge is 2.33. The van der Waals surface area contributed by atoms with E-state index in [9.17, 15) is 9.59 Å². The van der Waals surface area contributed by atoms with Gasteiger partial charge in [0.05, 0.1) is 12.1 Å². The van der Waals surface area contributed by atoms with Crippen molar-refractivity contribution in [3.63, 3.8) is 0 Å². The second-order valence-electron chi connectivity index (χ2n) is 4.86. The fourth-order valence-electron chi connectivity index (χ4n) is 2.25. The molecular formula is C14H19ClN2O4. The second kappa shape index (κ2) is 7.85. The molecule has 1 fully saturated rings. The highest BCUT2D eigenvalue weighted by molar-refractivity contribution is 5.85. The van der Waals surface area contributed by atoms with Gasteiger partial charge in [-0.1, -0.05) is 30.3 Å². The van der Waals surface area contributed by atoms with Gasteiger partial charge in [0.1, 0.15) is 6.61 Å². The van der Waals surface area contributed by atoms with Crippen LogP contribution in [0.3, 0.4) is 0 Å². The van der Waals surface area contributed by atoms with Crippen LogP contribution < -0.4 is 5.73 Å². The zero-order valence-electron chi connectivity index (χ0n) is 11.5.